The van der Waals surface area contributed by atoms with Gasteiger partial charge in [0.15, 0.2) is 0 Å². The summed E-state index contributed by atoms with van der Waals surface area (Å²) in [7, 11) is 0. The summed E-state index contributed by atoms with van der Waals surface area (Å²) in [5.74, 6) is -0.408. The van der Waals surface area contributed by atoms with Crippen molar-refractivity contribution in [3.05, 3.63) is 65.9 Å². The van der Waals surface area contributed by atoms with Crippen LogP contribution in [0, 0.1) is 0 Å². The second-order valence-corrected chi connectivity index (χ2v) is 9.65. The van der Waals surface area contributed by atoms with Crippen molar-refractivity contribution >= 4 is 28.4 Å². The molecule has 3 aromatic rings. The van der Waals surface area contributed by atoms with Gasteiger partial charge in [0.25, 0.3) is 5.91 Å². The average molecular weight is 444 g/mol. The van der Waals surface area contributed by atoms with Crippen molar-refractivity contribution in [1.82, 2.24) is 9.88 Å². The lowest BCUT2D eigenvalue weighted by Crippen LogP contribution is -2.61. The molecule has 6 rings (SSSR count). The lowest BCUT2D eigenvalue weighted by Gasteiger charge is -2.50. The molecule has 2 fully saturated rings. The fourth-order valence-electron chi connectivity index (χ4n) is 6.26. The van der Waals surface area contributed by atoms with Crippen LogP contribution in [0.25, 0.3) is 10.9 Å². The molecule has 1 aromatic heterocycles. The molecule has 2 amide bonds. The minimum Gasteiger partial charge on any atom is -0.376 e. The Hall–Kier alpha value is -3.12. The standard InChI is InChI=1S/C27H29N3O3/c31-25(29-19-10-9-18-11-14-28-23(18)16-19)24-21-7-1-2-8-22(21)26(32)30(17-20-6-5-15-33-20)27(24)12-3-4-13-27/h1-2,7-11,14,16,20,24,28H,3-6,12-13,15,17H2,(H,29,31)/t20-,24-/m1/s1. The van der Waals surface area contributed by atoms with E-state index in [1.807, 2.05) is 59.6 Å². The zero-order valence-electron chi connectivity index (χ0n) is 18.7. The zero-order valence-corrected chi connectivity index (χ0v) is 18.7. The number of fused-ring (bicyclic) bond motifs is 2. The predicted octanol–water partition coefficient (Wildman–Crippen LogP) is 4.84. The van der Waals surface area contributed by atoms with Crippen LogP contribution in [-0.4, -0.2) is 46.5 Å². The number of hydrogen-bond acceptors (Lipinski definition) is 3. The van der Waals surface area contributed by atoms with Crippen LogP contribution in [0.5, 0.6) is 0 Å². The number of amides is 2. The fourth-order valence-corrected chi connectivity index (χ4v) is 6.26. The molecule has 2 atom stereocenters. The normalized spacial score (nSPS) is 23.9. The van der Waals surface area contributed by atoms with E-state index in [4.69, 9.17) is 4.74 Å². The van der Waals surface area contributed by atoms with E-state index in [1.54, 1.807) is 0 Å². The van der Waals surface area contributed by atoms with Gasteiger partial charge in [-0.1, -0.05) is 37.1 Å². The first-order chi connectivity index (χ1) is 16.2. The molecule has 3 heterocycles. The Balaban J connectivity index is 1.41. The van der Waals surface area contributed by atoms with Gasteiger partial charge in [0.2, 0.25) is 5.91 Å². The van der Waals surface area contributed by atoms with Crippen LogP contribution in [0.4, 0.5) is 5.69 Å². The van der Waals surface area contributed by atoms with E-state index < -0.39 is 11.5 Å². The largest absolute Gasteiger partial charge is 0.376 e. The van der Waals surface area contributed by atoms with Crippen molar-refractivity contribution in [2.75, 3.05) is 18.5 Å². The van der Waals surface area contributed by atoms with Crippen LogP contribution in [0.3, 0.4) is 0 Å². The van der Waals surface area contributed by atoms with E-state index in [9.17, 15) is 9.59 Å². The summed E-state index contributed by atoms with van der Waals surface area (Å²) < 4.78 is 5.92. The summed E-state index contributed by atoms with van der Waals surface area (Å²) in [6, 6.07) is 15.6. The zero-order chi connectivity index (χ0) is 22.4. The van der Waals surface area contributed by atoms with Crippen molar-refractivity contribution < 1.29 is 14.3 Å². The van der Waals surface area contributed by atoms with E-state index in [0.717, 1.165) is 67.3 Å². The lowest BCUT2D eigenvalue weighted by atomic mass is 9.71. The number of H-pyrrole nitrogens is 1. The summed E-state index contributed by atoms with van der Waals surface area (Å²) in [6.07, 6.45) is 7.67. The number of ether oxygens (including phenoxy) is 1. The Labute approximate surface area is 193 Å². The Bertz CT molecular complexity index is 1200. The van der Waals surface area contributed by atoms with E-state index in [-0.39, 0.29) is 17.9 Å². The van der Waals surface area contributed by atoms with Crippen molar-refractivity contribution in [2.24, 2.45) is 0 Å². The number of aromatic nitrogens is 1. The smallest absolute Gasteiger partial charge is 0.254 e. The summed E-state index contributed by atoms with van der Waals surface area (Å²) in [6.45, 7) is 1.31. The van der Waals surface area contributed by atoms with Crippen molar-refractivity contribution in [3.8, 4) is 0 Å². The molecule has 0 radical (unpaired) electrons. The van der Waals surface area contributed by atoms with Crippen molar-refractivity contribution in [1.29, 1.82) is 0 Å². The van der Waals surface area contributed by atoms with Gasteiger partial charge < -0.3 is 19.9 Å². The van der Waals surface area contributed by atoms with Gasteiger partial charge in [0.05, 0.1) is 17.6 Å². The SMILES string of the molecule is O=C(Nc1ccc2cc[nH]c2c1)[C@H]1c2ccccc2C(=O)N(C[C@H]2CCCO2)C12CCCC2. The molecule has 2 N–H and O–H groups in total. The monoisotopic (exact) mass is 443 g/mol. The maximum Gasteiger partial charge on any atom is 0.254 e. The molecule has 0 unspecified atom stereocenters. The summed E-state index contributed by atoms with van der Waals surface area (Å²) in [5, 5.41) is 4.29. The van der Waals surface area contributed by atoms with Gasteiger partial charge in [-0.25, -0.2) is 0 Å². The minimum absolute atomic E-state index is 0.0415. The minimum atomic E-state index is -0.502. The molecule has 1 spiro atoms. The first-order valence-corrected chi connectivity index (χ1v) is 12.1. The Morgan fingerprint density at radius 3 is 2.79 bits per heavy atom. The van der Waals surface area contributed by atoms with Crippen LogP contribution < -0.4 is 5.32 Å². The van der Waals surface area contributed by atoms with Crippen LogP contribution in [0.1, 0.15) is 60.4 Å². The third kappa shape index (κ3) is 3.35. The van der Waals surface area contributed by atoms with Gasteiger partial charge in [0, 0.05) is 36.1 Å². The van der Waals surface area contributed by atoms with Gasteiger partial charge in [-0.15, -0.1) is 0 Å². The van der Waals surface area contributed by atoms with Gasteiger partial charge in [0.1, 0.15) is 0 Å². The molecular weight excluding hydrogens is 414 g/mol. The number of carbonyl (C=O) groups is 2. The number of carbonyl (C=O) groups excluding carboxylic acids is 2. The van der Waals surface area contributed by atoms with Crippen LogP contribution >= 0.6 is 0 Å². The van der Waals surface area contributed by atoms with Crippen LogP contribution in [0.15, 0.2) is 54.7 Å². The molecule has 2 aliphatic heterocycles. The third-order valence-electron chi connectivity index (χ3n) is 7.79. The summed E-state index contributed by atoms with van der Waals surface area (Å²) >= 11 is 0. The molecule has 3 aliphatic rings. The van der Waals surface area contributed by atoms with Crippen LogP contribution in [0.2, 0.25) is 0 Å². The van der Waals surface area contributed by atoms with E-state index in [1.165, 1.54) is 0 Å². The number of nitrogens with zero attached hydrogens (tertiary/aromatic N) is 1. The maximum absolute atomic E-state index is 14.0. The first kappa shape index (κ1) is 20.5. The summed E-state index contributed by atoms with van der Waals surface area (Å²) in [5.41, 5.74) is 2.75. The first-order valence-electron chi connectivity index (χ1n) is 12.1. The van der Waals surface area contributed by atoms with Crippen molar-refractivity contribution in [3.63, 3.8) is 0 Å². The van der Waals surface area contributed by atoms with Gasteiger partial charge in [-0.3, -0.25) is 9.59 Å². The molecule has 33 heavy (non-hydrogen) atoms. The average Bonchev–Trinajstić information content (AvgIpc) is 3.59. The quantitative estimate of drug-likeness (QED) is 0.606. The van der Waals surface area contributed by atoms with Gasteiger partial charge in [-0.05, 0) is 60.9 Å². The van der Waals surface area contributed by atoms with E-state index in [0.29, 0.717) is 12.1 Å². The molecule has 1 aliphatic carbocycles. The lowest BCUT2D eigenvalue weighted by molar-refractivity contribution is -0.121. The highest BCUT2D eigenvalue weighted by Crippen LogP contribution is 2.51. The van der Waals surface area contributed by atoms with Crippen molar-refractivity contribution in [2.45, 2.75) is 56.1 Å². The number of anilines is 1. The topological polar surface area (TPSA) is 74.4 Å². The van der Waals surface area contributed by atoms with Gasteiger partial charge >= 0.3 is 0 Å². The molecule has 6 nitrogen and oxygen atoms in total. The van der Waals surface area contributed by atoms with E-state index >= 15 is 0 Å². The predicted molar refractivity (Wildman–Crippen MR) is 127 cm³/mol. The molecular formula is C27H29N3O3. The maximum atomic E-state index is 14.0. The third-order valence-corrected chi connectivity index (χ3v) is 7.79. The molecule has 1 saturated heterocycles. The van der Waals surface area contributed by atoms with Crippen LogP contribution in [-0.2, 0) is 9.53 Å². The molecule has 0 bridgehead atoms. The highest BCUT2D eigenvalue weighted by molar-refractivity contribution is 6.05. The Kier molecular flexibility index (Phi) is 4.98. The highest BCUT2D eigenvalue weighted by Gasteiger charge is 2.56. The number of benzene rings is 2. The number of rotatable bonds is 4. The highest BCUT2D eigenvalue weighted by atomic mass is 16.5. The number of hydrogen-bond donors (Lipinski definition) is 2. The second kappa shape index (κ2) is 8.03. The molecule has 2 aromatic carbocycles. The summed E-state index contributed by atoms with van der Waals surface area (Å²) in [4.78, 5) is 32.9. The second-order valence-electron chi connectivity index (χ2n) is 9.65. The Morgan fingerprint density at radius 2 is 1.97 bits per heavy atom. The fraction of sp³-hybridized carbons (Fsp3) is 0.407. The van der Waals surface area contributed by atoms with E-state index in [2.05, 4.69) is 10.3 Å². The molecule has 170 valence electrons. The molecule has 1 saturated carbocycles. The molecule has 6 heteroatoms. The Morgan fingerprint density at radius 1 is 1.12 bits per heavy atom. The van der Waals surface area contributed by atoms with Gasteiger partial charge in [-0.2, -0.15) is 0 Å². The number of aromatic amines is 1. The number of nitrogens with one attached hydrogen (secondary N) is 2.